The number of ether oxygens (including phenoxy) is 2. The fourth-order valence-corrected chi connectivity index (χ4v) is 17.8. The van der Waals surface area contributed by atoms with Crippen molar-refractivity contribution >= 4 is 169 Å². The van der Waals surface area contributed by atoms with Crippen molar-refractivity contribution in [2.75, 3.05) is 26.3 Å². The van der Waals surface area contributed by atoms with Gasteiger partial charge in [0.2, 0.25) is 0 Å². The number of carbonyl (C=O) groups is 4. The second-order valence-corrected chi connectivity index (χ2v) is 39.4. The van der Waals surface area contributed by atoms with Gasteiger partial charge in [0.15, 0.2) is 23.8 Å². The Kier molecular flexibility index (Phi) is 37.1. The van der Waals surface area contributed by atoms with E-state index in [0.29, 0.717) is 24.3 Å². The molecule has 2 heterocycles. The highest BCUT2D eigenvalue weighted by Crippen LogP contribution is 2.39. The van der Waals surface area contributed by atoms with Gasteiger partial charge in [-0.25, -0.2) is 58.6 Å². The second kappa shape index (κ2) is 42.4. The van der Waals surface area contributed by atoms with Crippen molar-refractivity contribution in [3.8, 4) is 0 Å². The van der Waals surface area contributed by atoms with Gasteiger partial charge in [-0.15, -0.1) is 0 Å². The van der Waals surface area contributed by atoms with E-state index in [1.165, 1.54) is 22.8 Å². The van der Waals surface area contributed by atoms with Gasteiger partial charge in [-0.05, 0) is 29.3 Å². The number of amides is 4. The summed E-state index contributed by atoms with van der Waals surface area (Å²) in [5, 5.41) is 31.8. The van der Waals surface area contributed by atoms with E-state index >= 15 is 0 Å². The monoisotopic (exact) mass is 2140 g/mol. The minimum atomic E-state index is -6.68. The van der Waals surface area contributed by atoms with Gasteiger partial charge in [0.25, 0.3) is 23.6 Å². The zero-order chi connectivity index (χ0) is 98.1. The molecule has 18 atom stereocenters. The molecule has 2 saturated heterocycles. The van der Waals surface area contributed by atoms with E-state index in [9.17, 15) is 202 Å². The lowest BCUT2D eigenvalue weighted by molar-refractivity contribution is -0.304. The van der Waals surface area contributed by atoms with E-state index in [2.05, 4.69) is 58.6 Å². The Bertz CT molecular complexity index is 5870. The standard InChI is InChI=1S/C46H62N4O64S14/c51-41(49-39-35(111-125(87,88)89)29(105-119(69,70)71)25(101-45(39,55)15-21-8-3-1-4-9-21)17-47-43(53)37(113-127(93,94)95)33(109-123(81,82)83)31(107-121(75,76)77)27(103-117(63,64)65)19-99-115(57,58)59)23-12-7-13-24(14-23)42(52)50-40-36(112-126(90,91)92)30(106-120(72,73)74)26(102-46(40,56)16-22-10-5-2-6-11-22)18-48-44(54)38(114-128(96,97)98)34(110-124(84,85)86)32(108-122(78,79)80)28(104-118(66,67)68)20-100-116(60,61)62/h1-14,25-40,55-56H,15-20H2,(H,47,53)(H,48,54)(H,49,51)(H,50,52)(H,57,58,59)(H,60,61,62)(H,63,64,65)(H,66,67,68)(H,69,70,71)(H,72,73,74)(H,75,76,77)(H,78,79,80)(H,81,82,83)(H,84,85,86)(H,87,88,89)(H,90,91,92)(H,93,94,95)(H,96,97,98)/t25-,26-,27-,28-,29-,30-,31-,32-,33+,34+,35+,36+,37-,38-,39-,40-,45+,46+/m1/s1. The van der Waals surface area contributed by atoms with Crippen LogP contribution in [0.3, 0.4) is 0 Å². The average molecular weight is 2140 g/mol. The lowest BCUT2D eigenvalue weighted by Crippen LogP contribution is -2.73. The summed E-state index contributed by atoms with van der Waals surface area (Å²) >= 11 is 0. The fraction of sp³-hybridized carbons (Fsp3) is 0.522. The zero-order valence-corrected chi connectivity index (χ0v) is 72.5. The predicted molar refractivity (Wildman–Crippen MR) is 387 cm³/mol. The Morgan fingerprint density at radius 3 is 0.828 bits per heavy atom. The molecular weight excluding hydrogens is 2080 g/mol. The van der Waals surface area contributed by atoms with Crippen LogP contribution in [-0.4, -0.2) is 351 Å². The third-order valence-corrected chi connectivity index (χ3v) is 21.8. The van der Waals surface area contributed by atoms with Crippen LogP contribution >= 0.6 is 0 Å². The molecule has 2 aliphatic heterocycles. The van der Waals surface area contributed by atoms with Crippen molar-refractivity contribution in [2.45, 2.75) is 122 Å². The lowest BCUT2D eigenvalue weighted by atomic mass is 9.86. The van der Waals surface area contributed by atoms with Crippen LogP contribution in [0.25, 0.3) is 0 Å². The molecule has 734 valence electrons. The van der Waals surface area contributed by atoms with Crippen LogP contribution in [0.4, 0.5) is 0 Å². The van der Waals surface area contributed by atoms with Crippen molar-refractivity contribution in [1.29, 1.82) is 0 Å². The quantitative estimate of drug-likeness (QED) is 0.0233. The summed E-state index contributed by atoms with van der Waals surface area (Å²) in [4.78, 5) is 58.3. The molecule has 20 N–H and O–H groups in total. The van der Waals surface area contributed by atoms with Gasteiger partial charge < -0.3 is 41.0 Å². The Balaban J connectivity index is 1.72. The Hall–Kier alpha value is -6.44. The maximum Gasteiger partial charge on any atom is 0.398 e. The van der Waals surface area contributed by atoms with E-state index in [0.717, 1.165) is 48.5 Å². The molecule has 0 spiro atoms. The van der Waals surface area contributed by atoms with Gasteiger partial charge in [-0.3, -0.25) is 82.9 Å². The summed E-state index contributed by atoms with van der Waals surface area (Å²) < 4.78 is 550. The molecular formula is C46H62N4O64S14. The van der Waals surface area contributed by atoms with Crippen LogP contribution in [0.5, 0.6) is 0 Å². The van der Waals surface area contributed by atoms with Gasteiger partial charge in [0.05, 0.1) is 13.2 Å². The van der Waals surface area contributed by atoms with Gasteiger partial charge >= 0.3 is 146 Å². The van der Waals surface area contributed by atoms with E-state index < -0.39 is 329 Å². The largest absolute Gasteiger partial charge is 0.398 e. The van der Waals surface area contributed by atoms with E-state index in [4.69, 9.17) is 18.6 Å². The van der Waals surface area contributed by atoms with Crippen molar-refractivity contribution in [3.63, 3.8) is 0 Å². The third-order valence-electron chi connectivity index (χ3n) is 15.3. The smallest absolute Gasteiger partial charge is 0.363 e. The summed E-state index contributed by atoms with van der Waals surface area (Å²) in [6.45, 7) is -9.01. The predicted octanol–water partition coefficient (Wildman–Crippen LogP) is -11.3. The zero-order valence-electron chi connectivity index (χ0n) is 61.0. The van der Waals surface area contributed by atoms with Crippen LogP contribution in [0, 0.1) is 0 Å². The van der Waals surface area contributed by atoms with Crippen LogP contribution in [0.2, 0.25) is 0 Å². The number of benzene rings is 3. The average Bonchev–Trinajstić information content (AvgIpc) is 0.747. The highest BCUT2D eigenvalue weighted by Gasteiger charge is 2.62. The minimum absolute atomic E-state index is 0.319. The molecule has 0 saturated carbocycles. The van der Waals surface area contributed by atoms with Crippen molar-refractivity contribution in [1.82, 2.24) is 21.3 Å². The summed E-state index contributed by atoms with van der Waals surface area (Å²) in [6, 6.07) is 6.93. The summed E-state index contributed by atoms with van der Waals surface area (Å²) in [6.07, 6.45) is -54.2. The highest BCUT2D eigenvalue weighted by atomic mass is 32.3. The number of hydrogen-bond acceptors (Lipinski definition) is 50. The van der Waals surface area contributed by atoms with E-state index in [1.54, 1.807) is 10.6 Å². The van der Waals surface area contributed by atoms with Crippen molar-refractivity contribution in [2.24, 2.45) is 0 Å². The summed E-state index contributed by atoms with van der Waals surface area (Å²) in [5.41, 5.74) is -2.95. The molecule has 2 aliphatic rings. The van der Waals surface area contributed by atoms with Gasteiger partial charge in [-0.1, -0.05) is 66.7 Å². The molecule has 0 radical (unpaired) electrons. The number of hydrogen-bond donors (Lipinski definition) is 20. The first-order valence-corrected chi connectivity index (χ1v) is 50.8. The van der Waals surface area contributed by atoms with Gasteiger partial charge in [-0.2, -0.15) is 118 Å². The number of rotatable bonds is 50. The molecule has 4 amide bonds. The lowest BCUT2D eigenvalue weighted by Gasteiger charge is -2.49. The van der Waals surface area contributed by atoms with E-state index in [-0.39, 0.29) is 11.1 Å². The topological polar surface area (TPSA) is 1070 Å². The van der Waals surface area contributed by atoms with Crippen molar-refractivity contribution < 1.29 is 279 Å². The first-order valence-electron chi connectivity index (χ1n) is 31.7. The Morgan fingerprint density at radius 1 is 0.320 bits per heavy atom. The van der Waals surface area contributed by atoms with Crippen LogP contribution in [0.1, 0.15) is 31.8 Å². The molecule has 0 bridgehead atoms. The molecule has 0 aromatic heterocycles. The molecule has 0 unspecified atom stereocenters. The molecule has 128 heavy (non-hydrogen) atoms. The number of carbonyl (C=O) groups excluding carboxylic acids is 4. The highest BCUT2D eigenvalue weighted by molar-refractivity contribution is 7.84. The fourth-order valence-electron chi connectivity index (χ4n) is 11.3. The third kappa shape index (κ3) is 39.8. The molecule has 3 aromatic carbocycles. The number of aliphatic hydroxyl groups is 2. The molecule has 3 aromatic rings. The molecule has 68 nitrogen and oxygen atoms in total. The molecule has 82 heteroatoms. The molecule has 0 aliphatic carbocycles. The second-order valence-electron chi connectivity index (χ2n) is 24.6. The Labute approximate surface area is 720 Å². The minimum Gasteiger partial charge on any atom is -0.363 e. The first kappa shape index (κ1) is 112. The van der Waals surface area contributed by atoms with Gasteiger partial charge in [0, 0.05) is 37.1 Å². The van der Waals surface area contributed by atoms with Crippen LogP contribution < -0.4 is 21.3 Å². The normalized spacial score (nSPS) is 23.8. The molecule has 5 rings (SSSR count). The van der Waals surface area contributed by atoms with Crippen LogP contribution in [0.15, 0.2) is 84.9 Å². The summed E-state index contributed by atoms with van der Waals surface area (Å²) in [7, 11) is -90.5. The molecule has 2 fully saturated rings. The Morgan fingerprint density at radius 2 is 0.578 bits per heavy atom. The van der Waals surface area contributed by atoms with Crippen molar-refractivity contribution in [3.05, 3.63) is 107 Å². The van der Waals surface area contributed by atoms with Gasteiger partial charge in [0.1, 0.15) is 85.3 Å². The summed E-state index contributed by atoms with van der Waals surface area (Å²) in [5.74, 6) is -16.9. The van der Waals surface area contributed by atoms with Crippen LogP contribution in [-0.2, 0) is 236 Å². The maximum atomic E-state index is 14.8. The maximum absolute atomic E-state index is 14.8. The SMILES string of the molecule is O=C(N[C@@H]1[C@@H](OS(=O)(=O)O)[C@H](OS(=O)(=O)O)[C@@H](CNC(=O)[C@H](OS(=O)(=O)O)[C@@H](OS(=O)(=O)O)[C@H](OS(=O)(=O)O)[C@@H](COS(=O)(=O)O)OS(=O)(=O)O)O[C@@]1(O)Cc1ccccc1)c1cccc(C(=O)N[C@@H]2[C@@H](OS(=O)(=O)O)[C@H](OS(=O)(=O)O)[C@@H](CNC(=O)[C@H](OS(=O)(=O)O)[C@@H](OS(=O)(=O)O)[C@H](OS(=O)(=O)O)[C@@H](COS(=O)(=O)O)OS(=O)(=O)O)O[C@@]2(O)Cc2ccccc2)c1. The first-order chi connectivity index (χ1) is 57.5. The number of nitrogens with one attached hydrogen (secondary N) is 4. The van der Waals surface area contributed by atoms with E-state index in [1.807, 2.05) is 0 Å².